The lowest BCUT2D eigenvalue weighted by molar-refractivity contribution is -0.140. The molecule has 0 atom stereocenters. The first kappa shape index (κ1) is 16.8. The van der Waals surface area contributed by atoms with Crippen LogP contribution in [-0.4, -0.2) is 43.8 Å². The highest BCUT2D eigenvalue weighted by atomic mass is 16.4. The third-order valence-corrected chi connectivity index (χ3v) is 3.95. The minimum absolute atomic E-state index is 0.146. The van der Waals surface area contributed by atoms with E-state index in [1.54, 1.807) is 0 Å². The minimum Gasteiger partial charge on any atom is -0.481 e. The van der Waals surface area contributed by atoms with Gasteiger partial charge in [-0.3, -0.25) is 4.79 Å². The maximum atomic E-state index is 11.7. The minimum atomic E-state index is -0.775. The van der Waals surface area contributed by atoms with Crippen LogP contribution < -0.4 is 16.0 Å². The van der Waals surface area contributed by atoms with E-state index in [-0.39, 0.29) is 17.9 Å². The number of hydrogen-bond acceptors (Lipinski definition) is 3. The van der Waals surface area contributed by atoms with Crippen LogP contribution in [0.25, 0.3) is 0 Å². The van der Waals surface area contributed by atoms with E-state index >= 15 is 0 Å². The first-order valence-corrected chi connectivity index (χ1v) is 7.46. The molecule has 1 saturated carbocycles. The van der Waals surface area contributed by atoms with Gasteiger partial charge < -0.3 is 21.1 Å². The molecule has 0 aliphatic heterocycles. The summed E-state index contributed by atoms with van der Waals surface area (Å²) in [5.41, 5.74) is -0.258. The van der Waals surface area contributed by atoms with Crippen LogP contribution >= 0.6 is 0 Å². The molecule has 6 nitrogen and oxygen atoms in total. The zero-order valence-electron chi connectivity index (χ0n) is 12.3. The molecule has 20 heavy (non-hydrogen) atoms. The molecule has 0 spiro atoms. The molecule has 4 N–H and O–H groups in total. The van der Waals surface area contributed by atoms with Gasteiger partial charge in [-0.25, -0.2) is 4.79 Å². The number of hydrogen-bond donors (Lipinski definition) is 4. The summed E-state index contributed by atoms with van der Waals surface area (Å²) in [7, 11) is 1.87. The molecule has 0 heterocycles. The first-order chi connectivity index (χ1) is 9.58. The van der Waals surface area contributed by atoms with E-state index in [0.717, 1.165) is 45.1 Å². The Morgan fingerprint density at radius 1 is 1.10 bits per heavy atom. The van der Waals surface area contributed by atoms with Gasteiger partial charge in [0.05, 0.1) is 6.42 Å². The van der Waals surface area contributed by atoms with Crippen LogP contribution in [0.4, 0.5) is 4.79 Å². The Morgan fingerprint density at radius 2 is 1.80 bits per heavy atom. The van der Waals surface area contributed by atoms with Gasteiger partial charge in [-0.05, 0) is 38.3 Å². The maximum absolute atomic E-state index is 11.7. The molecule has 116 valence electrons. The van der Waals surface area contributed by atoms with E-state index < -0.39 is 5.97 Å². The zero-order chi connectivity index (χ0) is 14.8. The zero-order valence-corrected chi connectivity index (χ0v) is 12.3. The van der Waals surface area contributed by atoms with Crippen molar-refractivity contribution in [3.8, 4) is 0 Å². The van der Waals surface area contributed by atoms with Crippen molar-refractivity contribution in [2.75, 3.05) is 26.7 Å². The second kappa shape index (κ2) is 8.79. The van der Waals surface area contributed by atoms with Crippen LogP contribution in [0.5, 0.6) is 0 Å². The van der Waals surface area contributed by atoms with Gasteiger partial charge in [-0.2, -0.15) is 0 Å². The van der Waals surface area contributed by atoms with Crippen LogP contribution in [0.2, 0.25) is 0 Å². The number of carbonyl (C=O) groups is 2. The average Bonchev–Trinajstić information content (AvgIpc) is 2.42. The van der Waals surface area contributed by atoms with Gasteiger partial charge in [0.1, 0.15) is 0 Å². The predicted octanol–water partition coefficient (Wildman–Crippen LogP) is 1.32. The lowest BCUT2D eigenvalue weighted by atomic mass is 9.72. The fraction of sp³-hybridized carbons (Fsp3) is 0.857. The molecule has 0 unspecified atom stereocenters. The van der Waals surface area contributed by atoms with Gasteiger partial charge in [0, 0.05) is 13.1 Å². The Morgan fingerprint density at radius 3 is 2.40 bits per heavy atom. The van der Waals surface area contributed by atoms with Crippen LogP contribution in [0.3, 0.4) is 0 Å². The molecule has 2 amide bonds. The maximum Gasteiger partial charge on any atom is 0.314 e. The standard InChI is InChI=1S/C14H27N3O3/c1-15-8-5-9-16-13(20)17-11-14(10-12(18)19)6-3-2-4-7-14/h15H,2-11H2,1H3,(H,18,19)(H2,16,17,20). The number of carboxylic acids is 1. The van der Waals surface area contributed by atoms with Crippen molar-refractivity contribution in [3.05, 3.63) is 0 Å². The predicted molar refractivity (Wildman–Crippen MR) is 77.7 cm³/mol. The summed E-state index contributed by atoms with van der Waals surface area (Å²) < 4.78 is 0. The second-order valence-corrected chi connectivity index (χ2v) is 5.70. The van der Waals surface area contributed by atoms with Crippen molar-refractivity contribution >= 4 is 12.0 Å². The van der Waals surface area contributed by atoms with Gasteiger partial charge in [0.2, 0.25) is 0 Å². The van der Waals surface area contributed by atoms with Crippen molar-refractivity contribution in [1.82, 2.24) is 16.0 Å². The summed E-state index contributed by atoms with van der Waals surface area (Å²) in [6.45, 7) is 1.94. The Labute approximate surface area is 120 Å². The van der Waals surface area contributed by atoms with Crippen molar-refractivity contribution < 1.29 is 14.7 Å². The fourth-order valence-electron chi connectivity index (χ4n) is 2.84. The molecule has 1 fully saturated rings. The number of carboxylic acid groups (broad SMARTS) is 1. The number of carbonyl (C=O) groups excluding carboxylic acids is 1. The number of amides is 2. The summed E-state index contributed by atoms with van der Waals surface area (Å²) in [5, 5.41) is 17.7. The smallest absolute Gasteiger partial charge is 0.314 e. The Kier molecular flexibility index (Phi) is 7.36. The van der Waals surface area contributed by atoms with E-state index in [1.165, 1.54) is 0 Å². The van der Waals surface area contributed by atoms with Crippen LogP contribution in [0, 0.1) is 5.41 Å². The molecule has 6 heteroatoms. The Bertz CT molecular complexity index is 315. The number of rotatable bonds is 8. The molecule has 0 aromatic heterocycles. The topological polar surface area (TPSA) is 90.5 Å². The molecule has 0 aromatic carbocycles. The number of aliphatic carboxylic acids is 1. The summed E-state index contributed by atoms with van der Waals surface area (Å²) >= 11 is 0. The van der Waals surface area contributed by atoms with Gasteiger partial charge >= 0.3 is 12.0 Å². The molecule has 1 aliphatic carbocycles. The average molecular weight is 285 g/mol. The SMILES string of the molecule is CNCCCNC(=O)NCC1(CC(=O)O)CCCCC1. The molecule has 0 radical (unpaired) electrons. The van der Waals surface area contributed by atoms with Gasteiger partial charge in [0.15, 0.2) is 0 Å². The first-order valence-electron chi connectivity index (χ1n) is 7.46. The lowest BCUT2D eigenvalue weighted by Gasteiger charge is -2.36. The lowest BCUT2D eigenvalue weighted by Crippen LogP contribution is -2.44. The molecule has 1 aliphatic rings. The third kappa shape index (κ3) is 6.23. The highest BCUT2D eigenvalue weighted by molar-refractivity contribution is 5.74. The molecule has 1 rings (SSSR count). The number of urea groups is 1. The molecule has 0 aromatic rings. The summed E-state index contributed by atoms with van der Waals surface area (Å²) in [4.78, 5) is 22.7. The van der Waals surface area contributed by atoms with Gasteiger partial charge in [-0.1, -0.05) is 19.3 Å². The van der Waals surface area contributed by atoms with Crippen LogP contribution in [-0.2, 0) is 4.79 Å². The molecule has 0 bridgehead atoms. The van der Waals surface area contributed by atoms with Crippen LogP contribution in [0.1, 0.15) is 44.9 Å². The van der Waals surface area contributed by atoms with Gasteiger partial charge in [0.25, 0.3) is 0 Å². The van der Waals surface area contributed by atoms with E-state index in [4.69, 9.17) is 5.11 Å². The molecular weight excluding hydrogens is 258 g/mol. The van der Waals surface area contributed by atoms with E-state index in [9.17, 15) is 9.59 Å². The quantitative estimate of drug-likeness (QED) is 0.506. The molecular formula is C14H27N3O3. The largest absolute Gasteiger partial charge is 0.481 e. The van der Waals surface area contributed by atoms with Crippen molar-refractivity contribution in [3.63, 3.8) is 0 Å². The van der Waals surface area contributed by atoms with Crippen molar-refractivity contribution in [2.45, 2.75) is 44.9 Å². The normalized spacial score (nSPS) is 17.4. The fourth-order valence-corrected chi connectivity index (χ4v) is 2.84. The highest BCUT2D eigenvalue weighted by Crippen LogP contribution is 2.38. The molecule has 0 saturated heterocycles. The second-order valence-electron chi connectivity index (χ2n) is 5.70. The van der Waals surface area contributed by atoms with E-state index in [1.807, 2.05) is 7.05 Å². The van der Waals surface area contributed by atoms with Gasteiger partial charge in [-0.15, -0.1) is 0 Å². The third-order valence-electron chi connectivity index (χ3n) is 3.95. The number of nitrogens with one attached hydrogen (secondary N) is 3. The van der Waals surface area contributed by atoms with E-state index in [0.29, 0.717) is 13.1 Å². The van der Waals surface area contributed by atoms with Crippen LogP contribution in [0.15, 0.2) is 0 Å². The van der Waals surface area contributed by atoms with Crippen molar-refractivity contribution in [2.24, 2.45) is 5.41 Å². The summed E-state index contributed by atoms with van der Waals surface area (Å²) in [6.07, 6.45) is 6.07. The van der Waals surface area contributed by atoms with Crippen molar-refractivity contribution in [1.29, 1.82) is 0 Å². The Balaban J connectivity index is 2.34. The Hall–Kier alpha value is -1.30. The highest BCUT2D eigenvalue weighted by Gasteiger charge is 2.34. The van der Waals surface area contributed by atoms with E-state index in [2.05, 4.69) is 16.0 Å². The summed E-state index contributed by atoms with van der Waals surface area (Å²) in [6, 6.07) is -0.198. The summed E-state index contributed by atoms with van der Waals surface area (Å²) in [5.74, 6) is -0.775. The monoisotopic (exact) mass is 285 g/mol.